The largest absolute Gasteiger partial charge is 0.481 e. The summed E-state index contributed by atoms with van der Waals surface area (Å²) in [6.45, 7) is 0. The summed E-state index contributed by atoms with van der Waals surface area (Å²) in [5, 5.41) is 9.68. The lowest BCUT2D eigenvalue weighted by atomic mass is 9.94. The maximum absolute atomic E-state index is 11.6. The van der Waals surface area contributed by atoms with Crippen LogP contribution in [-0.4, -0.2) is 28.9 Å². The van der Waals surface area contributed by atoms with E-state index in [9.17, 15) is 9.59 Å². The Morgan fingerprint density at radius 2 is 2.24 bits per heavy atom. The zero-order chi connectivity index (χ0) is 12.6. The molecule has 1 heterocycles. The first-order chi connectivity index (χ1) is 8.00. The second kappa shape index (κ2) is 4.37. The fourth-order valence-electron chi connectivity index (χ4n) is 2.24. The van der Waals surface area contributed by atoms with Crippen molar-refractivity contribution >= 4 is 23.5 Å². The topological polar surface area (TPSA) is 57.6 Å². The normalized spacial score (nSPS) is 24.1. The third kappa shape index (κ3) is 2.13. The van der Waals surface area contributed by atoms with E-state index in [4.69, 9.17) is 16.7 Å². The monoisotopic (exact) mass is 253 g/mol. The van der Waals surface area contributed by atoms with Gasteiger partial charge in [-0.2, -0.15) is 0 Å². The molecule has 2 atom stereocenters. The van der Waals surface area contributed by atoms with Crippen LogP contribution >= 0.6 is 11.6 Å². The van der Waals surface area contributed by atoms with E-state index in [-0.39, 0.29) is 12.3 Å². The highest BCUT2D eigenvalue weighted by atomic mass is 35.5. The quantitative estimate of drug-likeness (QED) is 0.876. The average Bonchev–Trinajstić information content (AvgIpc) is 2.56. The molecular weight excluding hydrogens is 242 g/mol. The van der Waals surface area contributed by atoms with Crippen LogP contribution in [0.5, 0.6) is 0 Å². The van der Waals surface area contributed by atoms with Crippen molar-refractivity contribution in [2.24, 2.45) is 5.92 Å². The summed E-state index contributed by atoms with van der Waals surface area (Å²) >= 11 is 5.88. The number of benzene rings is 1. The van der Waals surface area contributed by atoms with Crippen molar-refractivity contribution < 1.29 is 14.7 Å². The van der Waals surface area contributed by atoms with E-state index < -0.39 is 17.9 Å². The van der Waals surface area contributed by atoms with Crippen LogP contribution in [0.3, 0.4) is 0 Å². The van der Waals surface area contributed by atoms with E-state index in [0.717, 1.165) is 5.56 Å². The maximum Gasteiger partial charge on any atom is 0.309 e. The third-order valence-electron chi connectivity index (χ3n) is 3.09. The minimum Gasteiger partial charge on any atom is -0.481 e. The zero-order valence-corrected chi connectivity index (χ0v) is 10.0. The van der Waals surface area contributed by atoms with Crippen molar-refractivity contribution in [3.05, 3.63) is 34.9 Å². The fourth-order valence-corrected chi connectivity index (χ4v) is 2.44. The predicted octanol–water partition coefficient (Wildman–Crippen LogP) is 1.94. The Morgan fingerprint density at radius 1 is 1.53 bits per heavy atom. The number of halogens is 1. The molecule has 0 bridgehead atoms. The molecular formula is C12H12ClNO3. The van der Waals surface area contributed by atoms with Gasteiger partial charge >= 0.3 is 5.97 Å². The number of hydrogen-bond acceptors (Lipinski definition) is 2. The summed E-state index contributed by atoms with van der Waals surface area (Å²) in [6.07, 6.45) is 0.0447. The van der Waals surface area contributed by atoms with Crippen LogP contribution in [0, 0.1) is 5.92 Å². The van der Waals surface area contributed by atoms with Crippen molar-refractivity contribution in [1.29, 1.82) is 0 Å². The van der Waals surface area contributed by atoms with Gasteiger partial charge in [-0.25, -0.2) is 0 Å². The summed E-state index contributed by atoms with van der Waals surface area (Å²) in [4.78, 5) is 24.2. The molecule has 1 aliphatic rings. The molecule has 17 heavy (non-hydrogen) atoms. The van der Waals surface area contributed by atoms with Gasteiger partial charge in [0.05, 0.1) is 12.0 Å². The molecule has 1 saturated heterocycles. The van der Waals surface area contributed by atoms with Gasteiger partial charge in [-0.3, -0.25) is 9.59 Å². The highest BCUT2D eigenvalue weighted by Gasteiger charge is 2.42. The van der Waals surface area contributed by atoms with Gasteiger partial charge in [0.25, 0.3) is 0 Å². The molecule has 90 valence electrons. The molecule has 0 saturated carbocycles. The number of carboxylic acid groups (broad SMARTS) is 1. The first-order valence-corrected chi connectivity index (χ1v) is 5.62. The molecule has 1 amide bonds. The molecule has 5 heteroatoms. The molecule has 1 fully saturated rings. The van der Waals surface area contributed by atoms with E-state index in [1.807, 2.05) is 0 Å². The highest BCUT2D eigenvalue weighted by Crippen LogP contribution is 2.37. The van der Waals surface area contributed by atoms with Gasteiger partial charge < -0.3 is 10.0 Å². The standard InChI is InChI=1S/C12H12ClNO3/c1-14-10(15)6-9(12(16)17)11(14)7-3-2-4-8(13)5-7/h2-5,9,11H,6H2,1H3,(H,16,17)/t9-,11-/m0/s1. The molecule has 1 aliphatic heterocycles. The van der Waals surface area contributed by atoms with Crippen LogP contribution in [0.1, 0.15) is 18.0 Å². The number of rotatable bonds is 2. The molecule has 0 radical (unpaired) electrons. The second-order valence-corrected chi connectivity index (χ2v) is 4.59. The van der Waals surface area contributed by atoms with Crippen LogP contribution in [0.25, 0.3) is 0 Å². The Bertz CT molecular complexity index is 475. The summed E-state index contributed by atoms with van der Waals surface area (Å²) in [5.41, 5.74) is 0.762. The van der Waals surface area contributed by atoms with Gasteiger partial charge in [-0.1, -0.05) is 23.7 Å². The third-order valence-corrected chi connectivity index (χ3v) is 3.33. The van der Waals surface area contributed by atoms with Crippen LogP contribution in [0.15, 0.2) is 24.3 Å². The van der Waals surface area contributed by atoms with Crippen LogP contribution < -0.4 is 0 Å². The van der Waals surface area contributed by atoms with Crippen molar-refractivity contribution in [2.45, 2.75) is 12.5 Å². The highest BCUT2D eigenvalue weighted by molar-refractivity contribution is 6.30. The Labute approximate surface area is 104 Å². The maximum atomic E-state index is 11.6. The number of carbonyl (C=O) groups is 2. The van der Waals surface area contributed by atoms with E-state index >= 15 is 0 Å². The van der Waals surface area contributed by atoms with Gasteiger partial charge in [0.15, 0.2) is 0 Å². The zero-order valence-electron chi connectivity index (χ0n) is 9.26. The number of carbonyl (C=O) groups excluding carboxylic acids is 1. The van der Waals surface area contributed by atoms with E-state index in [0.29, 0.717) is 5.02 Å². The molecule has 0 aliphatic carbocycles. The van der Waals surface area contributed by atoms with E-state index in [1.165, 1.54) is 4.90 Å². The van der Waals surface area contributed by atoms with Gasteiger partial charge in [0.1, 0.15) is 0 Å². The molecule has 1 N–H and O–H groups in total. The molecule has 0 aromatic heterocycles. The second-order valence-electron chi connectivity index (χ2n) is 4.15. The molecule has 0 spiro atoms. The first-order valence-electron chi connectivity index (χ1n) is 5.24. The lowest BCUT2D eigenvalue weighted by Gasteiger charge is -2.23. The van der Waals surface area contributed by atoms with Crippen molar-refractivity contribution in [2.75, 3.05) is 7.05 Å². The van der Waals surface area contributed by atoms with Crippen molar-refractivity contribution in [3.8, 4) is 0 Å². The lowest BCUT2D eigenvalue weighted by molar-refractivity contribution is -0.142. The van der Waals surface area contributed by atoms with Crippen LogP contribution in [0.4, 0.5) is 0 Å². The fraction of sp³-hybridized carbons (Fsp3) is 0.333. The molecule has 1 aromatic carbocycles. The average molecular weight is 254 g/mol. The Balaban J connectivity index is 2.40. The summed E-state index contributed by atoms with van der Waals surface area (Å²) in [6, 6.07) is 6.54. The molecule has 2 rings (SSSR count). The molecule has 1 aromatic rings. The minimum atomic E-state index is -0.951. The lowest BCUT2D eigenvalue weighted by Crippen LogP contribution is -2.26. The van der Waals surface area contributed by atoms with Gasteiger partial charge in [0, 0.05) is 18.5 Å². The van der Waals surface area contributed by atoms with Gasteiger partial charge in [0.2, 0.25) is 5.91 Å². The van der Waals surface area contributed by atoms with Crippen molar-refractivity contribution in [1.82, 2.24) is 4.90 Å². The SMILES string of the molecule is CN1C(=O)C[C@H](C(=O)O)[C@@H]1c1cccc(Cl)c1. The van der Waals surface area contributed by atoms with E-state index in [1.54, 1.807) is 31.3 Å². The number of nitrogens with zero attached hydrogens (tertiary/aromatic N) is 1. The smallest absolute Gasteiger partial charge is 0.309 e. The van der Waals surface area contributed by atoms with Crippen LogP contribution in [-0.2, 0) is 9.59 Å². The molecule has 0 unspecified atom stereocenters. The number of amides is 1. The van der Waals surface area contributed by atoms with Crippen molar-refractivity contribution in [3.63, 3.8) is 0 Å². The summed E-state index contributed by atoms with van der Waals surface area (Å²) in [5.74, 6) is -1.80. The van der Waals surface area contributed by atoms with Gasteiger partial charge in [-0.05, 0) is 17.7 Å². The number of aliphatic carboxylic acids is 1. The predicted molar refractivity (Wildman–Crippen MR) is 62.7 cm³/mol. The number of carboxylic acids is 1. The number of likely N-dealkylation sites (tertiary alicyclic amines) is 1. The first kappa shape index (κ1) is 11.9. The molecule has 4 nitrogen and oxygen atoms in total. The Kier molecular flexibility index (Phi) is 3.07. The minimum absolute atomic E-state index is 0.0447. The van der Waals surface area contributed by atoms with E-state index in [2.05, 4.69) is 0 Å². The Morgan fingerprint density at radius 3 is 2.82 bits per heavy atom. The van der Waals surface area contributed by atoms with Gasteiger partial charge in [-0.15, -0.1) is 0 Å². The Hall–Kier alpha value is -1.55. The number of hydrogen-bond donors (Lipinski definition) is 1. The van der Waals surface area contributed by atoms with Crippen LogP contribution in [0.2, 0.25) is 5.02 Å². The summed E-state index contributed by atoms with van der Waals surface area (Å²) in [7, 11) is 1.62. The summed E-state index contributed by atoms with van der Waals surface area (Å²) < 4.78 is 0.